The average Bonchev–Trinajstić information content (AvgIpc) is 2.70. The van der Waals surface area contributed by atoms with E-state index in [1.165, 1.54) is 0 Å². The summed E-state index contributed by atoms with van der Waals surface area (Å²) in [4.78, 5) is 27.4. The molecule has 3 N–H and O–H groups in total. The third-order valence-corrected chi connectivity index (χ3v) is 2.75. The van der Waals surface area contributed by atoms with Gasteiger partial charge >= 0.3 is 16.9 Å². The van der Waals surface area contributed by atoms with Crippen LogP contribution in [0, 0.1) is 5.39 Å². The Kier molecular flexibility index (Phi) is 3.24. The van der Waals surface area contributed by atoms with Crippen LogP contribution in [-0.4, -0.2) is 38.6 Å². The summed E-state index contributed by atoms with van der Waals surface area (Å²) in [5, 5.41) is 27.1. The van der Waals surface area contributed by atoms with Crippen molar-refractivity contribution in [3.63, 3.8) is 0 Å². The number of rotatable bonds is 2. The van der Waals surface area contributed by atoms with Gasteiger partial charge in [-0.3, -0.25) is 14.3 Å². The second-order valence-electron chi connectivity index (χ2n) is 3.90. The van der Waals surface area contributed by atoms with Crippen LogP contribution in [0.1, 0.15) is 12.6 Å². The third-order valence-electron chi connectivity index (χ3n) is 2.75. The van der Waals surface area contributed by atoms with Crippen LogP contribution in [0.4, 0.5) is 5.69 Å². The quantitative estimate of drug-likeness (QED) is 0.560. The van der Waals surface area contributed by atoms with E-state index in [4.69, 9.17) is 15.2 Å². The summed E-state index contributed by atoms with van der Waals surface area (Å²) < 4.78 is 6.24. The van der Waals surface area contributed by atoms with Crippen LogP contribution in [0.2, 0.25) is 0 Å². The molecule has 9 nitrogen and oxygen atoms in total. The summed E-state index contributed by atoms with van der Waals surface area (Å²) in [7, 11) is 0. The lowest BCUT2D eigenvalue weighted by Crippen LogP contribution is -2.32. The molecule has 9 heteroatoms. The van der Waals surface area contributed by atoms with E-state index in [2.05, 4.69) is 4.98 Å². The highest BCUT2D eigenvalue weighted by Gasteiger charge is 2.35. The van der Waals surface area contributed by atoms with Crippen molar-refractivity contribution in [3.05, 3.63) is 32.0 Å². The smallest absolute Gasteiger partial charge is 0.394 e. The molecule has 0 saturated carbocycles. The number of aliphatic hydroxyl groups excluding tert-OH is 2. The predicted octanol–water partition coefficient (Wildman–Crippen LogP) is -1.34. The molecular weight excluding hydrogens is 244 g/mol. The first-order valence-corrected chi connectivity index (χ1v) is 5.21. The molecule has 2 heterocycles. The Bertz CT molecular complexity index is 600. The molecule has 0 aromatic carbocycles. The topological polar surface area (TPSA) is 133 Å². The number of aromatic nitrogens is 2. The van der Waals surface area contributed by atoms with Gasteiger partial charge in [-0.1, -0.05) is 0 Å². The number of nitrogens with one attached hydrogen (secondary N) is 1. The van der Waals surface area contributed by atoms with Gasteiger partial charge in [-0.25, -0.2) is 4.79 Å². The first-order valence-electron chi connectivity index (χ1n) is 5.21. The van der Waals surface area contributed by atoms with Crippen molar-refractivity contribution in [1.29, 1.82) is 5.39 Å². The molecule has 3 atom stereocenters. The van der Waals surface area contributed by atoms with Gasteiger partial charge in [0.2, 0.25) is 5.39 Å². The van der Waals surface area contributed by atoms with Crippen LogP contribution in [0.5, 0.6) is 0 Å². The molecule has 1 aromatic rings. The second-order valence-corrected chi connectivity index (χ2v) is 3.90. The lowest BCUT2D eigenvalue weighted by atomic mass is 10.2. The first-order chi connectivity index (χ1) is 8.56. The van der Waals surface area contributed by atoms with Gasteiger partial charge in [-0.2, -0.15) is 0 Å². The summed E-state index contributed by atoms with van der Waals surface area (Å²) in [5.74, 6) is 0. The van der Waals surface area contributed by atoms with Gasteiger partial charge in [-0.05, 0) is 0 Å². The minimum absolute atomic E-state index is 0.0854. The molecule has 1 fully saturated rings. The normalized spacial score (nSPS) is 27.1. The summed E-state index contributed by atoms with van der Waals surface area (Å²) in [5.41, 5.74) is -1.92. The van der Waals surface area contributed by atoms with Gasteiger partial charge < -0.3 is 14.9 Å². The van der Waals surface area contributed by atoms with E-state index in [0.717, 1.165) is 10.8 Å². The van der Waals surface area contributed by atoms with Crippen molar-refractivity contribution < 1.29 is 14.9 Å². The molecule has 1 aliphatic heterocycles. The van der Waals surface area contributed by atoms with Gasteiger partial charge in [0.1, 0.15) is 18.5 Å². The van der Waals surface area contributed by atoms with E-state index in [-0.39, 0.29) is 18.7 Å². The minimum Gasteiger partial charge on any atom is -0.394 e. The van der Waals surface area contributed by atoms with E-state index in [1.54, 1.807) is 0 Å². The lowest BCUT2D eigenvalue weighted by Gasteiger charge is -2.12. The molecule has 18 heavy (non-hydrogen) atoms. The number of aromatic amines is 1. The first kappa shape index (κ1) is 12.4. The molecule has 0 amide bonds. The zero-order valence-electron chi connectivity index (χ0n) is 9.18. The largest absolute Gasteiger partial charge is 0.465 e. The van der Waals surface area contributed by atoms with Crippen molar-refractivity contribution in [3.8, 4) is 0 Å². The van der Waals surface area contributed by atoms with E-state index in [0.29, 0.717) is 0 Å². The van der Waals surface area contributed by atoms with Crippen molar-refractivity contribution in [2.24, 2.45) is 0 Å². The van der Waals surface area contributed by atoms with E-state index >= 15 is 0 Å². The summed E-state index contributed by atoms with van der Waals surface area (Å²) >= 11 is 0. The zero-order chi connectivity index (χ0) is 13.3. The van der Waals surface area contributed by atoms with Crippen molar-refractivity contribution in [2.75, 3.05) is 6.61 Å². The number of hydrogen-bond acceptors (Lipinski definition) is 6. The predicted molar refractivity (Wildman–Crippen MR) is 57.7 cm³/mol. The van der Waals surface area contributed by atoms with E-state index in [1.807, 2.05) is 4.98 Å². The number of diazo groups is 1. The van der Waals surface area contributed by atoms with Crippen molar-refractivity contribution >= 4 is 5.69 Å². The van der Waals surface area contributed by atoms with Crippen molar-refractivity contribution in [1.82, 2.24) is 9.55 Å². The van der Waals surface area contributed by atoms with Crippen LogP contribution in [0.15, 0.2) is 15.8 Å². The zero-order valence-corrected chi connectivity index (χ0v) is 9.18. The number of aliphatic hydroxyl groups is 2. The molecular formula is C9H11N4O5+. The molecule has 0 radical (unpaired) electrons. The van der Waals surface area contributed by atoms with Gasteiger partial charge in [0.25, 0.3) is 0 Å². The highest BCUT2D eigenvalue weighted by molar-refractivity contribution is 5.37. The Morgan fingerprint density at radius 2 is 2.33 bits per heavy atom. The minimum atomic E-state index is -0.909. The standard InChI is InChI=1S/C9H10N4O5/c10-12-4-2-13(9(17)11-8(4)16)7-1-5(15)6(3-14)18-7/h2,5-7,14-15H,1,3H2/p+1/t5-,6+,7+/m0/s1. The lowest BCUT2D eigenvalue weighted by molar-refractivity contribution is -0.0458. The van der Waals surface area contributed by atoms with Gasteiger partial charge in [0, 0.05) is 6.42 Å². The van der Waals surface area contributed by atoms with Gasteiger partial charge in [0.05, 0.1) is 12.7 Å². The fourth-order valence-electron chi connectivity index (χ4n) is 1.81. The molecule has 0 spiro atoms. The van der Waals surface area contributed by atoms with Crippen LogP contribution < -0.4 is 11.2 Å². The third kappa shape index (κ3) is 2.04. The molecule has 1 aromatic heterocycles. The maximum atomic E-state index is 11.6. The molecule has 1 saturated heterocycles. The molecule has 0 unspecified atom stereocenters. The van der Waals surface area contributed by atoms with Crippen LogP contribution in [-0.2, 0) is 4.74 Å². The highest BCUT2D eigenvalue weighted by Crippen LogP contribution is 2.27. The fourth-order valence-corrected chi connectivity index (χ4v) is 1.81. The Labute approximate surface area is 99.9 Å². The van der Waals surface area contributed by atoms with E-state index < -0.39 is 29.7 Å². The summed E-state index contributed by atoms with van der Waals surface area (Å²) in [6, 6.07) is 0. The average molecular weight is 255 g/mol. The van der Waals surface area contributed by atoms with Crippen molar-refractivity contribution in [2.45, 2.75) is 24.9 Å². The molecule has 96 valence electrons. The number of hydrogen-bond donors (Lipinski definition) is 3. The number of ether oxygens (including phenoxy) is 1. The van der Waals surface area contributed by atoms with Gasteiger partial charge in [0.15, 0.2) is 4.98 Å². The van der Waals surface area contributed by atoms with E-state index in [9.17, 15) is 14.7 Å². The maximum Gasteiger partial charge on any atom is 0.465 e. The fraction of sp³-hybridized carbons (Fsp3) is 0.556. The molecule has 2 rings (SSSR count). The Morgan fingerprint density at radius 3 is 2.89 bits per heavy atom. The molecule has 0 bridgehead atoms. The summed E-state index contributed by atoms with van der Waals surface area (Å²) in [6.07, 6.45) is -1.42. The van der Waals surface area contributed by atoms with Gasteiger partial charge in [-0.15, -0.1) is 0 Å². The highest BCUT2D eigenvalue weighted by atomic mass is 16.5. The summed E-state index contributed by atoms with van der Waals surface area (Å²) in [6.45, 7) is -0.382. The van der Waals surface area contributed by atoms with Crippen LogP contribution in [0.25, 0.3) is 4.98 Å². The number of H-pyrrole nitrogens is 1. The Hall–Kier alpha value is -2.02. The maximum absolute atomic E-state index is 11.6. The van der Waals surface area contributed by atoms with Crippen LogP contribution >= 0.6 is 0 Å². The second kappa shape index (κ2) is 4.69. The number of nitrogens with zero attached hydrogens (tertiary/aromatic N) is 3. The van der Waals surface area contributed by atoms with Crippen LogP contribution in [0.3, 0.4) is 0 Å². The Morgan fingerprint density at radius 1 is 1.61 bits per heavy atom. The SMILES string of the molecule is N#[N+]c1cn([C@H]2C[C@H](O)[C@@H](CO)O2)c(=O)[nH]c1=O. The molecule has 0 aliphatic carbocycles. The Balaban J connectivity index is 2.39. The molecule has 1 aliphatic rings. The monoisotopic (exact) mass is 255 g/mol.